The average Bonchev–Trinajstić information content (AvgIpc) is 3.46. The number of benzene rings is 1. The van der Waals surface area contributed by atoms with Crippen molar-refractivity contribution in [2.24, 2.45) is 11.8 Å². The number of amides is 1. The molecule has 0 bridgehead atoms. The molecule has 0 radical (unpaired) electrons. The lowest BCUT2D eigenvalue weighted by molar-refractivity contribution is -0.908. The van der Waals surface area contributed by atoms with Crippen LogP contribution in [0.4, 0.5) is 0 Å². The van der Waals surface area contributed by atoms with E-state index in [1.807, 2.05) is 24.4 Å². The first-order chi connectivity index (χ1) is 16.9. The lowest BCUT2D eigenvalue weighted by Crippen LogP contribution is -3.14. The number of aryl methyl sites for hydroxylation is 1. The summed E-state index contributed by atoms with van der Waals surface area (Å²) in [6.07, 6.45) is 0.776. The summed E-state index contributed by atoms with van der Waals surface area (Å²) in [7, 11) is 0. The largest absolute Gasteiger partial charge is 0.493 e. The van der Waals surface area contributed by atoms with Crippen LogP contribution in [-0.2, 0) is 14.3 Å². The van der Waals surface area contributed by atoms with Crippen molar-refractivity contribution in [3.8, 4) is 5.75 Å². The summed E-state index contributed by atoms with van der Waals surface area (Å²) in [4.78, 5) is 43.9. The lowest BCUT2D eigenvalue weighted by Gasteiger charge is -2.28. The molecule has 2 aliphatic rings. The van der Waals surface area contributed by atoms with Crippen molar-refractivity contribution in [3.05, 3.63) is 51.7 Å². The van der Waals surface area contributed by atoms with Crippen LogP contribution in [0.1, 0.15) is 47.1 Å². The summed E-state index contributed by atoms with van der Waals surface area (Å²) in [6, 6.07) is 8.52. The maximum absolute atomic E-state index is 13.7. The highest BCUT2D eigenvalue weighted by molar-refractivity contribution is 7.10. The van der Waals surface area contributed by atoms with E-state index in [2.05, 4.69) is 13.8 Å². The Labute approximate surface area is 211 Å². The second-order valence-corrected chi connectivity index (χ2v) is 10.8. The smallest absolute Gasteiger partial charge is 0.291 e. The number of Topliss-reactive ketones (excluding diaryl/α,β-unsaturated/α-hetero) is 2. The van der Waals surface area contributed by atoms with E-state index < -0.39 is 23.7 Å². The van der Waals surface area contributed by atoms with E-state index in [1.165, 1.54) is 16.2 Å². The van der Waals surface area contributed by atoms with Gasteiger partial charge in [0.05, 0.1) is 32.4 Å². The fourth-order valence-corrected chi connectivity index (χ4v) is 5.69. The van der Waals surface area contributed by atoms with Crippen LogP contribution in [0.25, 0.3) is 0 Å². The predicted molar refractivity (Wildman–Crippen MR) is 134 cm³/mol. The molecule has 2 atom stereocenters. The minimum atomic E-state index is -1.03. The van der Waals surface area contributed by atoms with Gasteiger partial charge in [0.2, 0.25) is 5.78 Å². The van der Waals surface area contributed by atoms with Gasteiger partial charge in [0, 0.05) is 23.4 Å². The van der Waals surface area contributed by atoms with Crippen molar-refractivity contribution in [1.29, 1.82) is 0 Å². The fraction of sp³-hybridized carbons (Fsp3) is 0.519. The maximum atomic E-state index is 13.7. The van der Waals surface area contributed by atoms with Gasteiger partial charge >= 0.3 is 0 Å². The summed E-state index contributed by atoms with van der Waals surface area (Å²) in [6.45, 7) is 11.4. The zero-order chi connectivity index (χ0) is 24.9. The summed E-state index contributed by atoms with van der Waals surface area (Å²) >= 11 is 1.48. The topological polar surface area (TPSA) is 77.4 Å². The SMILES string of the molecule is Cc1cc(C(=O)C2C(=O)C(=O)N(CCC[NH+]3CCOCC3)C2c2cccs2)ccc1OCC(C)C. The molecule has 35 heavy (non-hydrogen) atoms. The molecule has 4 rings (SSSR count). The number of likely N-dealkylation sites (tertiary alicyclic amines) is 1. The Morgan fingerprint density at radius 2 is 2.00 bits per heavy atom. The highest BCUT2D eigenvalue weighted by Gasteiger charge is 2.51. The van der Waals surface area contributed by atoms with E-state index in [-0.39, 0.29) is 5.78 Å². The van der Waals surface area contributed by atoms with Crippen LogP contribution in [0.2, 0.25) is 0 Å². The third-order valence-electron chi connectivity index (χ3n) is 6.68. The number of nitrogens with zero attached hydrogens (tertiary/aromatic N) is 1. The Kier molecular flexibility index (Phi) is 8.36. The van der Waals surface area contributed by atoms with Crippen molar-refractivity contribution in [1.82, 2.24) is 4.90 Å². The molecule has 2 unspecified atom stereocenters. The van der Waals surface area contributed by atoms with Gasteiger partial charge in [-0.2, -0.15) is 0 Å². The number of nitrogens with one attached hydrogen (secondary N) is 1. The number of carbonyl (C=O) groups is 3. The van der Waals surface area contributed by atoms with Crippen molar-refractivity contribution in [3.63, 3.8) is 0 Å². The number of morpholine rings is 1. The van der Waals surface area contributed by atoms with Gasteiger partial charge in [-0.25, -0.2) is 0 Å². The van der Waals surface area contributed by atoms with Gasteiger partial charge in [-0.05, 0) is 48.1 Å². The Morgan fingerprint density at radius 3 is 2.66 bits per heavy atom. The first-order valence-corrected chi connectivity index (χ1v) is 13.3. The maximum Gasteiger partial charge on any atom is 0.291 e. The minimum absolute atomic E-state index is 0.304. The van der Waals surface area contributed by atoms with Crippen molar-refractivity contribution in [2.75, 3.05) is 46.0 Å². The van der Waals surface area contributed by atoms with E-state index >= 15 is 0 Å². The molecular weight excluding hydrogens is 464 g/mol. The number of rotatable bonds is 10. The molecule has 2 fully saturated rings. The number of thiophene rings is 1. The van der Waals surface area contributed by atoms with Crippen LogP contribution in [0, 0.1) is 18.8 Å². The monoisotopic (exact) mass is 499 g/mol. The molecule has 0 aliphatic carbocycles. The molecule has 2 aliphatic heterocycles. The van der Waals surface area contributed by atoms with Crippen molar-refractivity contribution < 1.29 is 28.8 Å². The number of quaternary nitrogens is 1. The van der Waals surface area contributed by atoms with Gasteiger partial charge in [0.25, 0.3) is 5.91 Å². The standard InChI is InChI=1S/C27H34N2O5S/c1-18(2)17-34-21-8-7-20(16-19(21)3)25(30)23-24(22-6-4-15-35-22)29(27(32)26(23)31)10-5-9-28-11-13-33-14-12-28/h4,6-8,15-16,18,23-24H,5,9-14,17H2,1-3H3/p+1. The van der Waals surface area contributed by atoms with Crippen LogP contribution in [0.15, 0.2) is 35.7 Å². The molecule has 2 aromatic rings. The number of hydrogen-bond acceptors (Lipinski definition) is 6. The Balaban J connectivity index is 1.53. The van der Waals surface area contributed by atoms with Crippen LogP contribution in [0.5, 0.6) is 5.75 Å². The van der Waals surface area contributed by atoms with Crippen LogP contribution in [0.3, 0.4) is 0 Å². The molecule has 8 heteroatoms. The molecule has 1 aromatic carbocycles. The van der Waals surface area contributed by atoms with E-state index in [4.69, 9.17) is 9.47 Å². The van der Waals surface area contributed by atoms with Crippen LogP contribution >= 0.6 is 11.3 Å². The second kappa shape index (κ2) is 11.5. The normalized spacial score (nSPS) is 21.2. The van der Waals surface area contributed by atoms with E-state index in [0.29, 0.717) is 24.6 Å². The predicted octanol–water partition coefficient (Wildman–Crippen LogP) is 2.35. The summed E-state index contributed by atoms with van der Waals surface area (Å²) in [5.41, 5.74) is 1.28. The summed E-state index contributed by atoms with van der Waals surface area (Å²) < 4.78 is 11.3. The number of carbonyl (C=O) groups excluding carboxylic acids is 3. The zero-order valence-corrected chi connectivity index (χ0v) is 21.6. The van der Waals surface area contributed by atoms with Gasteiger partial charge < -0.3 is 19.3 Å². The van der Waals surface area contributed by atoms with Crippen molar-refractivity contribution in [2.45, 2.75) is 33.2 Å². The highest BCUT2D eigenvalue weighted by Crippen LogP contribution is 2.40. The van der Waals surface area contributed by atoms with Gasteiger partial charge in [-0.1, -0.05) is 19.9 Å². The molecule has 7 nitrogen and oxygen atoms in total. The van der Waals surface area contributed by atoms with Gasteiger partial charge in [0.15, 0.2) is 5.78 Å². The Bertz CT molecular complexity index is 1050. The van der Waals surface area contributed by atoms with Crippen LogP contribution in [-0.4, -0.2) is 68.4 Å². The molecule has 2 saturated heterocycles. The molecule has 0 spiro atoms. The van der Waals surface area contributed by atoms with Crippen molar-refractivity contribution >= 4 is 28.8 Å². The van der Waals surface area contributed by atoms with E-state index in [9.17, 15) is 14.4 Å². The first-order valence-electron chi connectivity index (χ1n) is 12.4. The first kappa shape index (κ1) is 25.5. The third kappa shape index (κ3) is 5.82. The molecular formula is C27H35N2O5S+. The Morgan fingerprint density at radius 1 is 1.23 bits per heavy atom. The number of ketones is 2. The van der Waals surface area contributed by atoms with E-state index in [1.54, 1.807) is 23.1 Å². The second-order valence-electron chi connectivity index (χ2n) is 9.82. The van der Waals surface area contributed by atoms with Crippen LogP contribution < -0.4 is 9.64 Å². The molecule has 1 amide bonds. The highest BCUT2D eigenvalue weighted by atomic mass is 32.1. The van der Waals surface area contributed by atoms with Gasteiger partial charge in [0.1, 0.15) is 24.8 Å². The van der Waals surface area contributed by atoms with E-state index in [0.717, 1.165) is 55.5 Å². The molecule has 3 heterocycles. The molecule has 1 aromatic heterocycles. The molecule has 1 N–H and O–H groups in total. The number of ether oxygens (including phenoxy) is 2. The summed E-state index contributed by atoms with van der Waals surface area (Å²) in [5.74, 6) is -1.37. The molecule has 0 saturated carbocycles. The third-order valence-corrected chi connectivity index (χ3v) is 7.63. The summed E-state index contributed by atoms with van der Waals surface area (Å²) in [5, 5.41) is 1.92. The molecule has 188 valence electrons. The number of hydrogen-bond donors (Lipinski definition) is 1. The van der Waals surface area contributed by atoms with Gasteiger partial charge in [-0.3, -0.25) is 14.4 Å². The fourth-order valence-electron chi connectivity index (χ4n) is 4.81. The van der Waals surface area contributed by atoms with Gasteiger partial charge in [-0.15, -0.1) is 11.3 Å². The Hall–Kier alpha value is -2.55. The lowest BCUT2D eigenvalue weighted by atomic mass is 9.88. The minimum Gasteiger partial charge on any atom is -0.493 e. The zero-order valence-electron chi connectivity index (χ0n) is 20.7. The average molecular weight is 500 g/mol. The quantitative estimate of drug-likeness (QED) is 0.309.